The summed E-state index contributed by atoms with van der Waals surface area (Å²) >= 11 is 12.0. The fourth-order valence-electron chi connectivity index (χ4n) is 3.14. The second kappa shape index (κ2) is 9.80. The lowest BCUT2D eigenvalue weighted by Crippen LogP contribution is -2.44. The maximum absolute atomic E-state index is 12.4. The largest absolute Gasteiger partial charge is 0.482 e. The molecule has 7 heteroatoms. The van der Waals surface area contributed by atoms with Crippen LogP contribution in [0.1, 0.15) is 18.4 Å². The molecule has 0 aromatic heterocycles. The van der Waals surface area contributed by atoms with Crippen LogP contribution in [0.5, 0.6) is 5.75 Å². The number of hydrogen-bond acceptors (Lipinski definition) is 3. The predicted octanol–water partition coefficient (Wildman–Crippen LogP) is 3.93. The van der Waals surface area contributed by atoms with Crippen molar-refractivity contribution in [3.63, 3.8) is 0 Å². The molecule has 0 radical (unpaired) electrons. The fourth-order valence-corrected chi connectivity index (χ4v) is 3.47. The molecule has 0 saturated carbocycles. The van der Waals surface area contributed by atoms with Gasteiger partial charge in [0.2, 0.25) is 5.91 Å². The topological polar surface area (TPSA) is 58.6 Å². The average Bonchev–Trinajstić information content (AvgIpc) is 2.73. The van der Waals surface area contributed by atoms with E-state index in [1.807, 2.05) is 30.3 Å². The van der Waals surface area contributed by atoms with Gasteiger partial charge in [-0.25, -0.2) is 0 Å². The van der Waals surface area contributed by atoms with Crippen molar-refractivity contribution < 1.29 is 14.3 Å². The highest BCUT2D eigenvalue weighted by Crippen LogP contribution is 2.27. The Balaban J connectivity index is 1.42. The van der Waals surface area contributed by atoms with E-state index < -0.39 is 0 Å². The van der Waals surface area contributed by atoms with Crippen LogP contribution in [0.4, 0.5) is 0 Å². The number of hydrogen-bond donors (Lipinski definition) is 1. The van der Waals surface area contributed by atoms with E-state index in [9.17, 15) is 9.59 Å². The normalized spacial score (nSPS) is 14.6. The number of likely N-dealkylation sites (tertiary alicyclic amines) is 1. The molecule has 0 atom stereocenters. The lowest BCUT2D eigenvalue weighted by molar-refractivity contribution is -0.137. The highest BCUT2D eigenvalue weighted by molar-refractivity contribution is 6.34. The minimum atomic E-state index is -0.126. The molecule has 28 heavy (non-hydrogen) atoms. The Hall–Kier alpha value is -2.24. The molecule has 1 N–H and O–H groups in total. The third kappa shape index (κ3) is 5.63. The van der Waals surface area contributed by atoms with E-state index in [1.165, 1.54) is 0 Å². The molecule has 0 bridgehead atoms. The Kier molecular flexibility index (Phi) is 7.18. The number of carbonyl (C=O) groups is 2. The van der Waals surface area contributed by atoms with E-state index in [1.54, 1.807) is 23.1 Å². The summed E-state index contributed by atoms with van der Waals surface area (Å²) < 4.78 is 5.51. The molecule has 1 aliphatic rings. The zero-order valence-corrected chi connectivity index (χ0v) is 16.9. The Bertz CT molecular complexity index is 822. The first-order valence-electron chi connectivity index (χ1n) is 9.20. The molecule has 0 spiro atoms. The zero-order valence-electron chi connectivity index (χ0n) is 15.4. The van der Waals surface area contributed by atoms with E-state index in [-0.39, 0.29) is 24.3 Å². The van der Waals surface area contributed by atoms with Crippen LogP contribution in [0.25, 0.3) is 0 Å². The van der Waals surface area contributed by atoms with Crippen molar-refractivity contribution in [3.05, 3.63) is 64.1 Å². The Morgan fingerprint density at radius 3 is 2.50 bits per heavy atom. The molecule has 0 aliphatic carbocycles. The molecule has 1 fully saturated rings. The number of benzene rings is 2. The van der Waals surface area contributed by atoms with Crippen LogP contribution in [0.15, 0.2) is 48.5 Å². The van der Waals surface area contributed by atoms with Crippen LogP contribution in [-0.4, -0.2) is 36.4 Å². The van der Waals surface area contributed by atoms with Gasteiger partial charge in [-0.1, -0.05) is 53.5 Å². The molecule has 3 rings (SSSR count). The quantitative estimate of drug-likeness (QED) is 0.769. The molecule has 0 unspecified atom stereocenters. The number of nitrogens with zero attached hydrogens (tertiary/aromatic N) is 1. The molecule has 2 aromatic rings. The van der Waals surface area contributed by atoms with Crippen molar-refractivity contribution in [1.82, 2.24) is 10.2 Å². The van der Waals surface area contributed by atoms with E-state index in [4.69, 9.17) is 27.9 Å². The van der Waals surface area contributed by atoms with Crippen LogP contribution < -0.4 is 10.1 Å². The molecule has 1 saturated heterocycles. The van der Waals surface area contributed by atoms with Gasteiger partial charge in [0, 0.05) is 36.6 Å². The summed E-state index contributed by atoms with van der Waals surface area (Å²) in [4.78, 5) is 26.5. The number of rotatable bonds is 6. The van der Waals surface area contributed by atoms with Gasteiger partial charge in [0.1, 0.15) is 5.75 Å². The first kappa shape index (κ1) is 20.5. The second-order valence-corrected chi connectivity index (χ2v) is 7.57. The average molecular weight is 421 g/mol. The van der Waals surface area contributed by atoms with Gasteiger partial charge in [-0.2, -0.15) is 0 Å². The number of amides is 2. The Morgan fingerprint density at radius 1 is 1.07 bits per heavy atom. The summed E-state index contributed by atoms with van der Waals surface area (Å²) in [5.74, 6) is 0.228. The summed E-state index contributed by atoms with van der Waals surface area (Å²) in [6.07, 6.45) is 1.29. The molecule has 1 aliphatic heterocycles. The lowest BCUT2D eigenvalue weighted by atomic mass is 9.96. The molecular weight excluding hydrogens is 399 g/mol. The van der Waals surface area contributed by atoms with Crippen LogP contribution in [-0.2, 0) is 16.1 Å². The standard InChI is InChI=1S/C21H22Cl2N2O3/c22-17-6-7-18(23)19(12-17)28-14-20(26)25-10-8-16(9-11-25)21(27)24-13-15-4-2-1-3-5-15/h1-7,12,16H,8-11,13-14H2,(H,24,27). The van der Waals surface area contributed by atoms with Crippen molar-refractivity contribution in [2.45, 2.75) is 19.4 Å². The minimum Gasteiger partial charge on any atom is -0.482 e. The van der Waals surface area contributed by atoms with E-state index >= 15 is 0 Å². The van der Waals surface area contributed by atoms with Gasteiger partial charge in [-0.05, 0) is 30.5 Å². The number of ether oxygens (including phenoxy) is 1. The highest BCUT2D eigenvalue weighted by Gasteiger charge is 2.27. The first-order chi connectivity index (χ1) is 13.5. The SMILES string of the molecule is O=C(NCc1ccccc1)C1CCN(C(=O)COc2cc(Cl)ccc2Cl)CC1. The van der Waals surface area contributed by atoms with Crippen LogP contribution >= 0.6 is 23.2 Å². The van der Waals surface area contributed by atoms with Crippen molar-refractivity contribution in [3.8, 4) is 5.75 Å². The summed E-state index contributed by atoms with van der Waals surface area (Å²) in [5.41, 5.74) is 1.07. The minimum absolute atomic E-state index is 0.0397. The predicted molar refractivity (Wildman–Crippen MR) is 110 cm³/mol. The van der Waals surface area contributed by atoms with Crippen molar-refractivity contribution in [2.75, 3.05) is 19.7 Å². The molecule has 148 valence electrons. The van der Waals surface area contributed by atoms with Gasteiger partial charge in [-0.15, -0.1) is 0 Å². The van der Waals surface area contributed by atoms with Crippen molar-refractivity contribution in [1.29, 1.82) is 0 Å². The lowest BCUT2D eigenvalue weighted by Gasteiger charge is -2.31. The summed E-state index contributed by atoms with van der Waals surface area (Å²) in [5, 5.41) is 3.88. The fraction of sp³-hybridized carbons (Fsp3) is 0.333. The van der Waals surface area contributed by atoms with Crippen LogP contribution in [0.3, 0.4) is 0 Å². The number of nitrogens with one attached hydrogen (secondary N) is 1. The van der Waals surface area contributed by atoms with Gasteiger partial charge in [0.25, 0.3) is 5.91 Å². The number of carbonyl (C=O) groups excluding carboxylic acids is 2. The monoisotopic (exact) mass is 420 g/mol. The van der Waals surface area contributed by atoms with Gasteiger partial charge in [-0.3, -0.25) is 9.59 Å². The van der Waals surface area contributed by atoms with Gasteiger partial charge >= 0.3 is 0 Å². The van der Waals surface area contributed by atoms with Crippen molar-refractivity contribution in [2.24, 2.45) is 5.92 Å². The van der Waals surface area contributed by atoms with E-state index in [0.717, 1.165) is 5.56 Å². The zero-order chi connectivity index (χ0) is 19.9. The Labute approximate surface area is 174 Å². The molecular formula is C21H22Cl2N2O3. The summed E-state index contributed by atoms with van der Waals surface area (Å²) in [6.45, 7) is 1.49. The highest BCUT2D eigenvalue weighted by atomic mass is 35.5. The van der Waals surface area contributed by atoms with E-state index in [0.29, 0.717) is 48.3 Å². The van der Waals surface area contributed by atoms with Gasteiger partial charge in [0.15, 0.2) is 6.61 Å². The van der Waals surface area contributed by atoms with E-state index in [2.05, 4.69) is 5.32 Å². The van der Waals surface area contributed by atoms with Crippen LogP contribution in [0.2, 0.25) is 10.0 Å². The van der Waals surface area contributed by atoms with Crippen molar-refractivity contribution >= 4 is 35.0 Å². The molecule has 2 amide bonds. The maximum atomic E-state index is 12.4. The smallest absolute Gasteiger partial charge is 0.260 e. The molecule has 2 aromatic carbocycles. The van der Waals surface area contributed by atoms with Gasteiger partial charge < -0.3 is 15.0 Å². The third-order valence-corrected chi connectivity index (χ3v) is 5.32. The molecule has 1 heterocycles. The second-order valence-electron chi connectivity index (χ2n) is 6.72. The molecule has 5 nitrogen and oxygen atoms in total. The van der Waals surface area contributed by atoms with Gasteiger partial charge in [0.05, 0.1) is 5.02 Å². The first-order valence-corrected chi connectivity index (χ1v) is 9.96. The summed E-state index contributed by atoms with van der Waals surface area (Å²) in [6, 6.07) is 14.7. The maximum Gasteiger partial charge on any atom is 0.260 e. The third-order valence-electron chi connectivity index (χ3n) is 4.77. The van der Waals surface area contributed by atoms with Crippen LogP contribution in [0, 0.1) is 5.92 Å². The number of piperidine rings is 1. The Morgan fingerprint density at radius 2 is 1.79 bits per heavy atom. The summed E-state index contributed by atoms with van der Waals surface area (Å²) in [7, 11) is 0. The number of halogens is 2.